The van der Waals surface area contributed by atoms with E-state index in [2.05, 4.69) is 74.4 Å². The molecule has 1 aromatic heterocycles. The molecule has 15 heavy (non-hydrogen) atoms. The van der Waals surface area contributed by atoms with Crippen molar-refractivity contribution in [1.82, 2.24) is 9.55 Å². The highest BCUT2D eigenvalue weighted by molar-refractivity contribution is 14.1. The summed E-state index contributed by atoms with van der Waals surface area (Å²) in [5, 5.41) is 0. The zero-order chi connectivity index (χ0) is 11.5. The summed E-state index contributed by atoms with van der Waals surface area (Å²) in [6, 6.07) is 1.22. The van der Waals surface area contributed by atoms with Gasteiger partial charge >= 0.3 is 0 Å². The van der Waals surface area contributed by atoms with Crippen LogP contribution in [0.2, 0.25) is 25.7 Å². The summed E-state index contributed by atoms with van der Waals surface area (Å²) in [5.74, 6) is 0. The van der Waals surface area contributed by atoms with Crippen molar-refractivity contribution in [2.45, 2.75) is 32.4 Å². The standard InChI is InChI=1S/C9H16I2N2OSi/c1-15(2,3)5-4-14-7-13-8(10)6-12-9(13)11/h6H,4-5,7H2,1-3H3. The molecule has 86 valence electrons. The third-order valence-electron chi connectivity index (χ3n) is 1.97. The zero-order valence-electron chi connectivity index (χ0n) is 9.26. The molecule has 0 bridgehead atoms. The monoisotopic (exact) mass is 450 g/mol. The van der Waals surface area contributed by atoms with Gasteiger partial charge in [0.25, 0.3) is 0 Å². The molecule has 1 heterocycles. The number of ether oxygens (including phenoxy) is 1. The van der Waals surface area contributed by atoms with E-state index in [1.165, 1.54) is 6.04 Å². The lowest BCUT2D eigenvalue weighted by atomic mass is 10.8. The minimum absolute atomic E-state index is 0.626. The van der Waals surface area contributed by atoms with Gasteiger partial charge in [0.15, 0.2) is 3.83 Å². The van der Waals surface area contributed by atoms with Crippen molar-refractivity contribution in [3.63, 3.8) is 0 Å². The van der Waals surface area contributed by atoms with E-state index in [-0.39, 0.29) is 0 Å². The van der Waals surface area contributed by atoms with Crippen LogP contribution in [-0.2, 0) is 11.5 Å². The quantitative estimate of drug-likeness (QED) is 0.391. The van der Waals surface area contributed by atoms with Crippen molar-refractivity contribution < 1.29 is 4.74 Å². The lowest BCUT2D eigenvalue weighted by Gasteiger charge is -2.15. The van der Waals surface area contributed by atoms with E-state index in [0.717, 1.165) is 14.1 Å². The molecule has 1 aromatic rings. The Morgan fingerprint density at radius 1 is 1.40 bits per heavy atom. The molecular formula is C9H16I2N2OSi. The lowest BCUT2D eigenvalue weighted by Crippen LogP contribution is -2.22. The maximum absolute atomic E-state index is 5.66. The fraction of sp³-hybridized carbons (Fsp3) is 0.667. The molecule has 0 aliphatic carbocycles. The van der Waals surface area contributed by atoms with Gasteiger partial charge < -0.3 is 4.74 Å². The van der Waals surface area contributed by atoms with Gasteiger partial charge in [0.1, 0.15) is 10.4 Å². The van der Waals surface area contributed by atoms with E-state index in [1.54, 1.807) is 0 Å². The molecule has 0 atom stereocenters. The van der Waals surface area contributed by atoms with E-state index in [1.807, 2.05) is 6.20 Å². The van der Waals surface area contributed by atoms with Crippen LogP contribution in [0.25, 0.3) is 0 Å². The third kappa shape index (κ3) is 5.13. The largest absolute Gasteiger partial charge is 0.361 e. The zero-order valence-corrected chi connectivity index (χ0v) is 14.6. The Bertz CT molecular complexity index is 303. The number of rotatable bonds is 5. The van der Waals surface area contributed by atoms with Crippen LogP contribution < -0.4 is 0 Å². The van der Waals surface area contributed by atoms with Crippen LogP contribution in [-0.4, -0.2) is 24.2 Å². The maximum Gasteiger partial charge on any atom is 0.174 e. The number of hydrogen-bond donors (Lipinski definition) is 0. The molecule has 0 radical (unpaired) electrons. The van der Waals surface area contributed by atoms with E-state index in [0.29, 0.717) is 6.73 Å². The second-order valence-electron chi connectivity index (χ2n) is 4.63. The Hall–Kier alpha value is 0.847. The molecular weight excluding hydrogens is 434 g/mol. The highest BCUT2D eigenvalue weighted by Gasteiger charge is 2.12. The van der Waals surface area contributed by atoms with E-state index in [4.69, 9.17) is 4.74 Å². The second-order valence-corrected chi connectivity index (χ2v) is 12.3. The Kier molecular flexibility index (Phi) is 5.53. The molecule has 0 saturated carbocycles. The molecule has 3 nitrogen and oxygen atoms in total. The fourth-order valence-corrected chi connectivity index (χ4v) is 3.25. The predicted octanol–water partition coefficient (Wildman–Crippen LogP) is 3.40. The van der Waals surface area contributed by atoms with Crippen molar-refractivity contribution >= 4 is 53.3 Å². The number of nitrogens with zero attached hydrogens (tertiary/aromatic N) is 2. The highest BCUT2D eigenvalue weighted by atomic mass is 127. The summed E-state index contributed by atoms with van der Waals surface area (Å²) in [6.45, 7) is 8.57. The summed E-state index contributed by atoms with van der Waals surface area (Å²) < 4.78 is 9.86. The van der Waals surface area contributed by atoms with Crippen molar-refractivity contribution in [3.05, 3.63) is 13.7 Å². The van der Waals surface area contributed by atoms with Gasteiger partial charge in [0, 0.05) is 37.3 Å². The Morgan fingerprint density at radius 3 is 2.53 bits per heavy atom. The first-order chi connectivity index (χ1) is 6.90. The van der Waals surface area contributed by atoms with Gasteiger partial charge in [-0.15, -0.1) is 0 Å². The number of imidazole rings is 1. The molecule has 0 unspecified atom stereocenters. The molecule has 0 aromatic carbocycles. The average Bonchev–Trinajstić information content (AvgIpc) is 2.40. The summed E-state index contributed by atoms with van der Waals surface area (Å²) >= 11 is 4.50. The van der Waals surface area contributed by atoms with Gasteiger partial charge in [-0.3, -0.25) is 4.57 Å². The fourth-order valence-electron chi connectivity index (χ4n) is 0.983. The highest BCUT2D eigenvalue weighted by Crippen LogP contribution is 2.12. The molecule has 0 N–H and O–H groups in total. The first kappa shape index (κ1) is 13.9. The molecule has 0 aliphatic heterocycles. The van der Waals surface area contributed by atoms with Crippen molar-refractivity contribution in [1.29, 1.82) is 0 Å². The normalized spacial score (nSPS) is 12.1. The van der Waals surface area contributed by atoms with Crippen LogP contribution in [0.4, 0.5) is 0 Å². The molecule has 1 rings (SSSR count). The van der Waals surface area contributed by atoms with Crippen molar-refractivity contribution in [2.24, 2.45) is 0 Å². The van der Waals surface area contributed by atoms with E-state index < -0.39 is 8.07 Å². The van der Waals surface area contributed by atoms with Crippen LogP contribution >= 0.6 is 45.2 Å². The lowest BCUT2D eigenvalue weighted by molar-refractivity contribution is 0.0838. The Balaban J connectivity index is 2.32. The van der Waals surface area contributed by atoms with Gasteiger partial charge in [0.2, 0.25) is 0 Å². The Morgan fingerprint density at radius 2 is 2.07 bits per heavy atom. The Labute approximate surface area is 119 Å². The van der Waals surface area contributed by atoms with Gasteiger partial charge in [-0.1, -0.05) is 19.6 Å². The maximum atomic E-state index is 5.66. The molecule has 0 fully saturated rings. The molecule has 0 aliphatic rings. The van der Waals surface area contributed by atoms with Gasteiger partial charge in [-0.2, -0.15) is 0 Å². The average molecular weight is 450 g/mol. The first-order valence-electron chi connectivity index (χ1n) is 4.84. The van der Waals surface area contributed by atoms with Crippen molar-refractivity contribution in [2.75, 3.05) is 6.61 Å². The van der Waals surface area contributed by atoms with Gasteiger partial charge in [0.05, 0.1) is 6.20 Å². The van der Waals surface area contributed by atoms with Crippen LogP contribution in [0.5, 0.6) is 0 Å². The smallest absolute Gasteiger partial charge is 0.174 e. The minimum atomic E-state index is -0.960. The number of aromatic nitrogens is 2. The molecule has 6 heteroatoms. The van der Waals surface area contributed by atoms with Crippen LogP contribution in [0, 0.1) is 7.53 Å². The van der Waals surface area contributed by atoms with E-state index in [9.17, 15) is 0 Å². The van der Waals surface area contributed by atoms with Crippen LogP contribution in [0.1, 0.15) is 0 Å². The SMILES string of the molecule is C[Si](C)(C)CCOCn1c(I)cnc1I. The molecule has 0 saturated heterocycles. The minimum Gasteiger partial charge on any atom is -0.361 e. The van der Waals surface area contributed by atoms with Crippen LogP contribution in [0.3, 0.4) is 0 Å². The van der Waals surface area contributed by atoms with Crippen molar-refractivity contribution in [3.8, 4) is 0 Å². The second kappa shape index (κ2) is 5.96. The molecule has 0 amide bonds. The predicted molar refractivity (Wildman–Crippen MR) is 81.8 cm³/mol. The van der Waals surface area contributed by atoms with Crippen LogP contribution in [0.15, 0.2) is 6.20 Å². The molecule has 0 spiro atoms. The summed E-state index contributed by atoms with van der Waals surface area (Å²) in [7, 11) is -0.960. The topological polar surface area (TPSA) is 27.1 Å². The van der Waals surface area contributed by atoms with Gasteiger partial charge in [-0.25, -0.2) is 4.98 Å². The number of halogens is 2. The first-order valence-corrected chi connectivity index (χ1v) is 10.7. The summed E-state index contributed by atoms with van der Waals surface area (Å²) in [5.41, 5.74) is 0. The summed E-state index contributed by atoms with van der Waals surface area (Å²) in [6.07, 6.45) is 1.87. The number of hydrogen-bond acceptors (Lipinski definition) is 2. The van der Waals surface area contributed by atoms with Gasteiger partial charge in [-0.05, 0) is 28.6 Å². The third-order valence-corrected chi connectivity index (χ3v) is 5.40. The van der Waals surface area contributed by atoms with E-state index >= 15 is 0 Å². The summed E-state index contributed by atoms with van der Waals surface area (Å²) in [4.78, 5) is 4.21.